The average Bonchev–Trinajstić information content (AvgIpc) is 3.45. The zero-order valence-electron chi connectivity index (χ0n) is 17.2. The third-order valence-corrected chi connectivity index (χ3v) is 5.34. The molecular weight excluding hydrogens is 384 g/mol. The van der Waals surface area contributed by atoms with Gasteiger partial charge in [-0.15, -0.1) is 0 Å². The molecule has 0 unspecified atom stereocenters. The van der Waals surface area contributed by atoms with Crippen LogP contribution in [0, 0.1) is 0 Å². The van der Waals surface area contributed by atoms with Crippen molar-refractivity contribution in [1.29, 1.82) is 0 Å². The van der Waals surface area contributed by atoms with Crippen LogP contribution in [-0.4, -0.2) is 45.0 Å². The van der Waals surface area contributed by atoms with E-state index in [0.29, 0.717) is 6.42 Å². The number of hydrogen-bond donors (Lipinski definition) is 2. The Morgan fingerprint density at radius 2 is 1.55 bits per heavy atom. The monoisotopic (exact) mass is 412 g/mol. The Balaban J connectivity index is 0.000000166. The molecule has 2 heterocycles. The van der Waals surface area contributed by atoms with Crippen LogP contribution in [0.1, 0.15) is 23.6 Å². The van der Waals surface area contributed by atoms with Gasteiger partial charge >= 0.3 is 0 Å². The normalized spacial score (nSPS) is 14.9. The molecule has 0 saturated carbocycles. The second-order valence-electron chi connectivity index (χ2n) is 6.91. The molecule has 6 heteroatoms. The van der Waals surface area contributed by atoms with Crippen molar-refractivity contribution < 1.29 is 4.74 Å². The van der Waals surface area contributed by atoms with Crippen molar-refractivity contribution >= 4 is 23.3 Å². The lowest BCUT2D eigenvalue weighted by molar-refractivity contribution is 0.411. The van der Waals surface area contributed by atoms with E-state index in [4.69, 9.17) is 16.3 Å². The molecule has 2 aromatic rings. The van der Waals surface area contributed by atoms with E-state index in [1.54, 1.807) is 7.11 Å². The average molecular weight is 413 g/mol. The van der Waals surface area contributed by atoms with E-state index in [9.17, 15) is 0 Å². The summed E-state index contributed by atoms with van der Waals surface area (Å²) in [5, 5.41) is 7.25. The molecule has 0 spiro atoms. The van der Waals surface area contributed by atoms with Crippen LogP contribution < -0.4 is 15.4 Å². The highest BCUT2D eigenvalue weighted by molar-refractivity contribution is 6.31. The SMILES string of the molecule is CCc1ccccc1CC1=NCCN1.COc1cccc(Cl)c1CC1=NCCN1. The van der Waals surface area contributed by atoms with Gasteiger partial charge < -0.3 is 15.4 Å². The molecule has 0 aromatic heterocycles. The van der Waals surface area contributed by atoms with Gasteiger partial charge in [-0.05, 0) is 29.7 Å². The molecule has 0 atom stereocenters. The van der Waals surface area contributed by atoms with Crippen LogP contribution in [0.25, 0.3) is 0 Å². The highest BCUT2D eigenvalue weighted by atomic mass is 35.5. The molecule has 0 fully saturated rings. The number of aryl methyl sites for hydroxylation is 1. The first kappa shape index (κ1) is 21.2. The predicted octanol–water partition coefficient (Wildman–Crippen LogP) is 3.69. The molecule has 2 aliphatic rings. The number of amidine groups is 2. The van der Waals surface area contributed by atoms with E-state index < -0.39 is 0 Å². The molecule has 0 amide bonds. The summed E-state index contributed by atoms with van der Waals surface area (Å²) in [5.41, 5.74) is 3.84. The van der Waals surface area contributed by atoms with Gasteiger partial charge in [0.15, 0.2) is 0 Å². The van der Waals surface area contributed by atoms with Crippen molar-refractivity contribution in [3.8, 4) is 5.75 Å². The number of aliphatic imine (C=N–C) groups is 2. The second-order valence-corrected chi connectivity index (χ2v) is 7.31. The summed E-state index contributed by atoms with van der Waals surface area (Å²) in [4.78, 5) is 8.75. The van der Waals surface area contributed by atoms with Crippen LogP contribution >= 0.6 is 11.6 Å². The summed E-state index contributed by atoms with van der Waals surface area (Å²) in [5.74, 6) is 2.95. The number of methoxy groups -OCH3 is 1. The number of rotatable bonds is 6. The molecule has 2 aliphatic heterocycles. The first-order valence-corrected chi connectivity index (χ1v) is 10.5. The van der Waals surface area contributed by atoms with Gasteiger partial charge in [-0.3, -0.25) is 9.98 Å². The Labute approximate surface area is 178 Å². The van der Waals surface area contributed by atoms with E-state index in [1.165, 1.54) is 11.1 Å². The first-order chi connectivity index (χ1) is 14.2. The molecule has 0 bridgehead atoms. The summed E-state index contributed by atoms with van der Waals surface area (Å²) in [6.45, 7) is 5.90. The van der Waals surface area contributed by atoms with Gasteiger partial charge in [0.25, 0.3) is 0 Å². The van der Waals surface area contributed by atoms with Crippen molar-refractivity contribution in [2.75, 3.05) is 33.3 Å². The maximum absolute atomic E-state index is 6.12. The standard InChI is InChI=1S/C12H16N2.C11H13ClN2O/c1-2-10-5-3-4-6-11(10)9-12-13-7-8-14-12;1-15-10-4-2-3-9(12)8(10)7-11-13-5-6-14-11/h3-6H,2,7-9H2,1H3,(H,13,14);2-4H,5-7H2,1H3,(H,13,14). The summed E-state index contributed by atoms with van der Waals surface area (Å²) >= 11 is 6.12. The third kappa shape index (κ3) is 5.97. The highest BCUT2D eigenvalue weighted by Crippen LogP contribution is 2.26. The molecule has 0 aliphatic carbocycles. The minimum absolute atomic E-state index is 0.711. The van der Waals surface area contributed by atoms with E-state index >= 15 is 0 Å². The van der Waals surface area contributed by atoms with Crippen molar-refractivity contribution in [2.24, 2.45) is 9.98 Å². The molecular formula is C23H29ClN4O. The number of ether oxygens (including phenoxy) is 1. The quantitative estimate of drug-likeness (QED) is 0.760. The largest absolute Gasteiger partial charge is 0.496 e. The maximum atomic E-state index is 6.12. The Kier molecular flexibility index (Phi) is 7.94. The molecule has 0 saturated heterocycles. The van der Waals surface area contributed by atoms with Gasteiger partial charge in [-0.2, -0.15) is 0 Å². The molecule has 154 valence electrons. The van der Waals surface area contributed by atoms with Crippen LogP contribution in [-0.2, 0) is 19.3 Å². The van der Waals surface area contributed by atoms with Crippen LogP contribution in [0.3, 0.4) is 0 Å². The molecule has 0 radical (unpaired) electrons. The first-order valence-electron chi connectivity index (χ1n) is 10.1. The van der Waals surface area contributed by atoms with Gasteiger partial charge in [0.05, 0.1) is 20.2 Å². The molecule has 2 aromatic carbocycles. The lowest BCUT2D eigenvalue weighted by Gasteiger charge is -2.10. The van der Waals surface area contributed by atoms with Crippen molar-refractivity contribution in [3.05, 3.63) is 64.2 Å². The highest BCUT2D eigenvalue weighted by Gasteiger charge is 2.12. The van der Waals surface area contributed by atoms with Crippen LogP contribution in [0.2, 0.25) is 5.02 Å². The molecule has 4 rings (SSSR count). The Hall–Kier alpha value is -2.53. The Morgan fingerprint density at radius 3 is 2.14 bits per heavy atom. The topological polar surface area (TPSA) is 58.0 Å². The van der Waals surface area contributed by atoms with Crippen molar-refractivity contribution in [3.63, 3.8) is 0 Å². The van der Waals surface area contributed by atoms with Crippen molar-refractivity contribution in [1.82, 2.24) is 10.6 Å². The minimum atomic E-state index is 0.711. The fraction of sp³-hybridized carbons (Fsp3) is 0.391. The van der Waals surface area contributed by atoms with Crippen LogP contribution in [0.4, 0.5) is 0 Å². The Bertz CT molecular complexity index is 879. The van der Waals surface area contributed by atoms with E-state index in [-0.39, 0.29) is 0 Å². The third-order valence-electron chi connectivity index (χ3n) is 4.98. The number of hydrogen-bond acceptors (Lipinski definition) is 5. The fourth-order valence-electron chi connectivity index (χ4n) is 3.46. The van der Waals surface area contributed by atoms with E-state index in [1.807, 2.05) is 18.2 Å². The minimum Gasteiger partial charge on any atom is -0.496 e. The van der Waals surface area contributed by atoms with Crippen molar-refractivity contribution in [2.45, 2.75) is 26.2 Å². The number of benzene rings is 2. The van der Waals surface area contributed by atoms with Crippen LogP contribution in [0.15, 0.2) is 52.4 Å². The van der Waals surface area contributed by atoms with Gasteiger partial charge in [0.1, 0.15) is 17.4 Å². The lowest BCUT2D eigenvalue weighted by atomic mass is 10.0. The smallest absolute Gasteiger partial charge is 0.123 e. The fourth-order valence-corrected chi connectivity index (χ4v) is 3.69. The summed E-state index contributed by atoms with van der Waals surface area (Å²) < 4.78 is 5.27. The second kappa shape index (κ2) is 10.9. The molecule has 29 heavy (non-hydrogen) atoms. The van der Waals surface area contributed by atoms with Gasteiger partial charge in [0, 0.05) is 36.5 Å². The number of nitrogens with zero attached hydrogens (tertiary/aromatic N) is 2. The number of nitrogens with one attached hydrogen (secondary N) is 2. The maximum Gasteiger partial charge on any atom is 0.123 e. The molecule has 5 nitrogen and oxygen atoms in total. The van der Waals surface area contributed by atoms with E-state index in [2.05, 4.69) is 51.8 Å². The zero-order chi connectivity index (χ0) is 20.5. The lowest BCUT2D eigenvalue weighted by Crippen LogP contribution is -2.21. The van der Waals surface area contributed by atoms with Gasteiger partial charge in [-0.1, -0.05) is 48.9 Å². The zero-order valence-corrected chi connectivity index (χ0v) is 17.9. The predicted molar refractivity (Wildman–Crippen MR) is 122 cm³/mol. The van der Waals surface area contributed by atoms with Crippen LogP contribution in [0.5, 0.6) is 5.75 Å². The summed E-state index contributed by atoms with van der Waals surface area (Å²) in [6.07, 6.45) is 2.77. The van der Waals surface area contributed by atoms with Gasteiger partial charge in [0.2, 0.25) is 0 Å². The summed E-state index contributed by atoms with van der Waals surface area (Å²) in [6, 6.07) is 14.3. The van der Waals surface area contributed by atoms with Gasteiger partial charge in [-0.25, -0.2) is 0 Å². The Morgan fingerprint density at radius 1 is 0.897 bits per heavy atom. The summed E-state index contributed by atoms with van der Waals surface area (Å²) in [7, 11) is 1.65. The number of halogens is 1. The van der Waals surface area contributed by atoms with E-state index in [0.717, 1.165) is 67.0 Å². The molecule has 2 N–H and O–H groups in total.